The van der Waals surface area contributed by atoms with E-state index in [4.69, 9.17) is 10.00 Å². The maximum Gasteiger partial charge on any atom is 0.331 e. The second kappa shape index (κ2) is 9.11. The molecule has 0 spiro atoms. The van der Waals surface area contributed by atoms with Gasteiger partial charge in [0.15, 0.2) is 6.10 Å². The fourth-order valence-corrected chi connectivity index (χ4v) is 2.64. The zero-order valence-corrected chi connectivity index (χ0v) is 15.0. The van der Waals surface area contributed by atoms with Crippen LogP contribution in [-0.2, 0) is 9.53 Å². The zero-order chi connectivity index (χ0) is 19.8. The molecule has 0 aromatic heterocycles. The van der Waals surface area contributed by atoms with Gasteiger partial charge < -0.3 is 4.74 Å². The number of rotatable bonds is 6. The van der Waals surface area contributed by atoms with E-state index in [0.29, 0.717) is 16.7 Å². The standard InChI is InChI=1S/C24H17NO3/c25-17-19-13-11-18(12-14-19)15-16-22(26)28-24(21-9-5-2-6-10-21)23(27)20-7-3-1-4-8-20/h1-16,24H/b16-15+/t24-/m1/s1. The molecule has 136 valence electrons. The summed E-state index contributed by atoms with van der Waals surface area (Å²) in [7, 11) is 0. The molecule has 3 aromatic rings. The summed E-state index contributed by atoms with van der Waals surface area (Å²) in [4.78, 5) is 25.2. The van der Waals surface area contributed by atoms with E-state index in [0.717, 1.165) is 5.56 Å². The highest BCUT2D eigenvalue weighted by Gasteiger charge is 2.25. The van der Waals surface area contributed by atoms with Gasteiger partial charge in [0.25, 0.3) is 0 Å². The highest BCUT2D eigenvalue weighted by molar-refractivity contribution is 6.01. The predicted molar refractivity (Wildman–Crippen MR) is 106 cm³/mol. The van der Waals surface area contributed by atoms with Crippen LogP contribution in [0.1, 0.15) is 33.2 Å². The summed E-state index contributed by atoms with van der Waals surface area (Å²) in [5, 5.41) is 8.83. The van der Waals surface area contributed by atoms with Crippen molar-refractivity contribution in [3.8, 4) is 6.07 Å². The number of ketones is 1. The van der Waals surface area contributed by atoms with Gasteiger partial charge in [0.2, 0.25) is 5.78 Å². The van der Waals surface area contributed by atoms with Gasteiger partial charge in [0.1, 0.15) is 0 Å². The van der Waals surface area contributed by atoms with Crippen molar-refractivity contribution in [1.82, 2.24) is 0 Å². The topological polar surface area (TPSA) is 67.2 Å². The van der Waals surface area contributed by atoms with Gasteiger partial charge in [-0.25, -0.2) is 4.79 Å². The van der Waals surface area contributed by atoms with Crippen LogP contribution in [-0.4, -0.2) is 11.8 Å². The van der Waals surface area contributed by atoms with Gasteiger partial charge in [-0.1, -0.05) is 72.8 Å². The predicted octanol–water partition coefficient (Wildman–Crippen LogP) is 4.74. The van der Waals surface area contributed by atoms with Crippen LogP contribution in [0.25, 0.3) is 6.08 Å². The van der Waals surface area contributed by atoms with Crippen molar-refractivity contribution in [3.63, 3.8) is 0 Å². The minimum absolute atomic E-state index is 0.285. The average molecular weight is 367 g/mol. The van der Waals surface area contributed by atoms with Crippen molar-refractivity contribution in [2.45, 2.75) is 6.10 Å². The third-order valence-electron chi connectivity index (χ3n) is 4.08. The minimum Gasteiger partial charge on any atom is -0.446 e. The third-order valence-corrected chi connectivity index (χ3v) is 4.08. The number of hydrogen-bond acceptors (Lipinski definition) is 4. The SMILES string of the molecule is N#Cc1ccc(/C=C/C(=O)O[C@@H](C(=O)c2ccccc2)c2ccccc2)cc1. The molecule has 0 unspecified atom stereocenters. The molecule has 0 heterocycles. The first-order valence-corrected chi connectivity index (χ1v) is 8.70. The summed E-state index contributed by atoms with van der Waals surface area (Å²) in [6, 6.07) is 26.5. The second-order valence-electron chi connectivity index (χ2n) is 6.03. The highest BCUT2D eigenvalue weighted by atomic mass is 16.5. The summed E-state index contributed by atoms with van der Waals surface area (Å²) in [6.45, 7) is 0. The van der Waals surface area contributed by atoms with Gasteiger partial charge in [-0.15, -0.1) is 0 Å². The van der Waals surface area contributed by atoms with Gasteiger partial charge >= 0.3 is 5.97 Å². The van der Waals surface area contributed by atoms with E-state index in [1.54, 1.807) is 78.9 Å². The van der Waals surface area contributed by atoms with Crippen LogP contribution >= 0.6 is 0 Å². The molecule has 0 aliphatic rings. The summed E-state index contributed by atoms with van der Waals surface area (Å²) in [5.41, 5.74) is 2.37. The van der Waals surface area contributed by atoms with Crippen LogP contribution < -0.4 is 0 Å². The number of benzene rings is 3. The lowest BCUT2D eigenvalue weighted by Crippen LogP contribution is -2.19. The van der Waals surface area contributed by atoms with E-state index >= 15 is 0 Å². The van der Waals surface area contributed by atoms with Crippen molar-refractivity contribution < 1.29 is 14.3 Å². The highest BCUT2D eigenvalue weighted by Crippen LogP contribution is 2.23. The van der Waals surface area contributed by atoms with E-state index in [1.807, 2.05) is 18.2 Å². The van der Waals surface area contributed by atoms with Crippen LogP contribution in [0.4, 0.5) is 0 Å². The van der Waals surface area contributed by atoms with Crippen molar-refractivity contribution in [1.29, 1.82) is 5.26 Å². The van der Waals surface area contributed by atoms with Crippen LogP contribution in [0.2, 0.25) is 0 Å². The maximum absolute atomic E-state index is 12.9. The van der Waals surface area contributed by atoms with Gasteiger partial charge in [-0.05, 0) is 23.8 Å². The van der Waals surface area contributed by atoms with E-state index in [2.05, 4.69) is 0 Å². The normalized spacial score (nSPS) is 11.5. The molecule has 4 heteroatoms. The van der Waals surface area contributed by atoms with Crippen molar-refractivity contribution >= 4 is 17.8 Å². The number of hydrogen-bond donors (Lipinski definition) is 0. The smallest absolute Gasteiger partial charge is 0.331 e. The molecule has 3 aromatic carbocycles. The molecule has 0 radical (unpaired) electrons. The number of nitriles is 1. The summed E-state index contributed by atoms with van der Waals surface area (Å²) in [6.07, 6.45) is 1.83. The van der Waals surface area contributed by atoms with Crippen LogP contribution in [0.15, 0.2) is 91.0 Å². The van der Waals surface area contributed by atoms with Gasteiger partial charge in [0, 0.05) is 17.2 Å². The molecular formula is C24H17NO3. The van der Waals surface area contributed by atoms with Crippen molar-refractivity contribution in [2.24, 2.45) is 0 Å². The number of esters is 1. The van der Waals surface area contributed by atoms with E-state index in [9.17, 15) is 9.59 Å². The molecule has 0 saturated carbocycles. The van der Waals surface area contributed by atoms with Crippen LogP contribution in [0.5, 0.6) is 0 Å². The fourth-order valence-electron chi connectivity index (χ4n) is 2.64. The Labute approximate surface area is 163 Å². The lowest BCUT2D eigenvalue weighted by molar-refractivity contribution is -0.141. The fraction of sp³-hybridized carbons (Fsp3) is 0.0417. The van der Waals surface area contributed by atoms with Gasteiger partial charge in [0.05, 0.1) is 11.6 Å². The Kier molecular flexibility index (Phi) is 6.12. The molecule has 0 bridgehead atoms. The summed E-state index contributed by atoms with van der Waals surface area (Å²) < 4.78 is 5.49. The zero-order valence-electron chi connectivity index (χ0n) is 15.0. The molecular weight excluding hydrogens is 350 g/mol. The maximum atomic E-state index is 12.9. The van der Waals surface area contributed by atoms with E-state index in [-0.39, 0.29) is 5.78 Å². The van der Waals surface area contributed by atoms with Crippen molar-refractivity contribution in [2.75, 3.05) is 0 Å². The van der Waals surface area contributed by atoms with Gasteiger partial charge in [-0.2, -0.15) is 5.26 Å². The lowest BCUT2D eigenvalue weighted by Gasteiger charge is -2.16. The quantitative estimate of drug-likeness (QED) is 0.359. The molecule has 0 aliphatic carbocycles. The Morgan fingerprint density at radius 3 is 2.07 bits per heavy atom. The molecule has 0 N–H and O–H groups in total. The number of nitrogens with zero attached hydrogens (tertiary/aromatic N) is 1. The average Bonchev–Trinajstić information content (AvgIpc) is 2.77. The van der Waals surface area contributed by atoms with Crippen LogP contribution in [0.3, 0.4) is 0 Å². The Morgan fingerprint density at radius 1 is 0.857 bits per heavy atom. The molecule has 3 rings (SSSR count). The van der Waals surface area contributed by atoms with Crippen LogP contribution in [0, 0.1) is 11.3 Å². The van der Waals surface area contributed by atoms with Crippen molar-refractivity contribution in [3.05, 3.63) is 113 Å². The largest absolute Gasteiger partial charge is 0.446 e. The number of carbonyl (C=O) groups is 2. The molecule has 0 fully saturated rings. The number of ether oxygens (including phenoxy) is 1. The minimum atomic E-state index is -1.03. The summed E-state index contributed by atoms with van der Waals surface area (Å²) >= 11 is 0. The lowest BCUT2D eigenvalue weighted by atomic mass is 10.00. The molecule has 0 aliphatic heterocycles. The first-order valence-electron chi connectivity index (χ1n) is 8.70. The Bertz CT molecular complexity index is 1020. The Balaban J connectivity index is 1.79. The molecule has 0 amide bonds. The van der Waals surface area contributed by atoms with Gasteiger partial charge in [-0.3, -0.25) is 4.79 Å². The molecule has 0 saturated heterocycles. The molecule has 28 heavy (non-hydrogen) atoms. The van der Waals surface area contributed by atoms with E-state index in [1.165, 1.54) is 6.08 Å². The first kappa shape index (κ1) is 18.8. The number of carbonyl (C=O) groups excluding carboxylic acids is 2. The van der Waals surface area contributed by atoms with E-state index < -0.39 is 12.1 Å². The summed E-state index contributed by atoms with van der Waals surface area (Å²) in [5.74, 6) is -0.908. The number of Topliss-reactive ketones (excluding diaryl/α,β-unsaturated/α-hetero) is 1. The monoisotopic (exact) mass is 367 g/mol. The molecule has 1 atom stereocenters. The first-order chi connectivity index (χ1) is 13.7. The Morgan fingerprint density at radius 2 is 1.46 bits per heavy atom. The molecule has 4 nitrogen and oxygen atoms in total. The third kappa shape index (κ3) is 4.80. The Hall–Kier alpha value is -3.97. The second-order valence-corrected chi connectivity index (χ2v) is 6.03.